The molecule has 2 aliphatic carbocycles. The van der Waals surface area contributed by atoms with Crippen LogP contribution in [0.4, 0.5) is 5.13 Å². The van der Waals surface area contributed by atoms with Crippen molar-refractivity contribution in [1.82, 2.24) is 10.3 Å². The van der Waals surface area contributed by atoms with Crippen molar-refractivity contribution in [3.05, 3.63) is 10.6 Å². The Bertz CT molecular complexity index is 481. The van der Waals surface area contributed by atoms with Crippen LogP contribution in [0.1, 0.15) is 63.9 Å². The van der Waals surface area contributed by atoms with Crippen LogP contribution in [0.25, 0.3) is 0 Å². The summed E-state index contributed by atoms with van der Waals surface area (Å²) in [5.41, 5.74) is 1.47. The van der Waals surface area contributed by atoms with Crippen LogP contribution in [0.3, 0.4) is 0 Å². The molecule has 2 aliphatic rings. The summed E-state index contributed by atoms with van der Waals surface area (Å²) >= 11 is 1.92. The number of rotatable bonds is 7. The molecule has 118 valence electrons. The summed E-state index contributed by atoms with van der Waals surface area (Å²) in [7, 11) is 0. The first-order valence-corrected chi connectivity index (χ1v) is 9.28. The first-order valence-electron chi connectivity index (χ1n) is 8.46. The summed E-state index contributed by atoms with van der Waals surface area (Å²) in [6, 6.07) is 0.782. The largest absolute Gasteiger partial charge is 0.345 e. The van der Waals surface area contributed by atoms with E-state index < -0.39 is 0 Å². The molecule has 1 N–H and O–H groups in total. The highest BCUT2D eigenvalue weighted by molar-refractivity contribution is 7.15. The van der Waals surface area contributed by atoms with Crippen LogP contribution in [0.15, 0.2) is 0 Å². The molecule has 3 rings (SSSR count). The van der Waals surface area contributed by atoms with E-state index in [-0.39, 0.29) is 5.54 Å². The standard InChI is InChI=1S/C17H29N3S/c1-5-14-15(10-18-17(2,3)4)21-16(19-14)20(13-8-9-13)11-12-6-7-12/h12-13,18H,5-11H2,1-4H3. The number of aromatic nitrogens is 1. The van der Waals surface area contributed by atoms with E-state index in [2.05, 4.69) is 37.9 Å². The van der Waals surface area contributed by atoms with Gasteiger partial charge in [0.25, 0.3) is 0 Å². The summed E-state index contributed by atoms with van der Waals surface area (Å²) < 4.78 is 0. The highest BCUT2D eigenvalue weighted by Crippen LogP contribution is 2.40. The van der Waals surface area contributed by atoms with E-state index >= 15 is 0 Å². The van der Waals surface area contributed by atoms with Crippen LogP contribution in [0.2, 0.25) is 0 Å². The maximum atomic E-state index is 4.98. The van der Waals surface area contributed by atoms with Crippen molar-refractivity contribution < 1.29 is 0 Å². The van der Waals surface area contributed by atoms with Gasteiger partial charge in [-0.25, -0.2) is 4.98 Å². The zero-order chi connectivity index (χ0) is 15.0. The minimum atomic E-state index is 0.166. The second kappa shape index (κ2) is 5.88. The fourth-order valence-corrected chi connectivity index (χ4v) is 3.77. The Morgan fingerprint density at radius 3 is 2.48 bits per heavy atom. The zero-order valence-electron chi connectivity index (χ0n) is 13.9. The molecule has 1 aromatic rings. The van der Waals surface area contributed by atoms with Crippen LogP contribution in [-0.4, -0.2) is 23.1 Å². The molecule has 4 heteroatoms. The number of nitrogens with zero attached hydrogens (tertiary/aromatic N) is 2. The molecule has 0 aromatic carbocycles. The molecule has 3 nitrogen and oxygen atoms in total. The monoisotopic (exact) mass is 307 g/mol. The van der Waals surface area contributed by atoms with Crippen LogP contribution < -0.4 is 10.2 Å². The molecule has 2 saturated carbocycles. The molecule has 0 unspecified atom stereocenters. The molecule has 0 spiro atoms. The number of hydrogen-bond acceptors (Lipinski definition) is 4. The minimum absolute atomic E-state index is 0.166. The Hall–Kier alpha value is -0.610. The fourth-order valence-electron chi connectivity index (χ4n) is 2.60. The van der Waals surface area contributed by atoms with Crippen molar-refractivity contribution >= 4 is 16.5 Å². The average Bonchev–Trinajstić information content (AvgIpc) is 3.30. The molecule has 0 atom stereocenters. The van der Waals surface area contributed by atoms with Gasteiger partial charge in [0.1, 0.15) is 0 Å². The summed E-state index contributed by atoms with van der Waals surface area (Å²) in [6.45, 7) is 11.1. The first kappa shape index (κ1) is 15.3. The second-order valence-electron chi connectivity index (χ2n) is 7.65. The number of nitrogens with one attached hydrogen (secondary N) is 1. The van der Waals surface area contributed by atoms with Gasteiger partial charge in [0.15, 0.2) is 5.13 Å². The van der Waals surface area contributed by atoms with Crippen LogP contribution in [0.5, 0.6) is 0 Å². The Labute approximate surface area is 133 Å². The zero-order valence-corrected chi connectivity index (χ0v) is 14.7. The predicted octanol–water partition coefficient (Wildman–Crippen LogP) is 3.97. The third kappa shape index (κ3) is 4.19. The van der Waals surface area contributed by atoms with E-state index in [9.17, 15) is 0 Å². The molecule has 2 fully saturated rings. The maximum Gasteiger partial charge on any atom is 0.186 e. The number of hydrogen-bond donors (Lipinski definition) is 1. The number of aryl methyl sites for hydroxylation is 1. The smallest absolute Gasteiger partial charge is 0.186 e. The van der Waals surface area contributed by atoms with Crippen LogP contribution in [0, 0.1) is 5.92 Å². The third-order valence-electron chi connectivity index (χ3n) is 4.27. The second-order valence-corrected chi connectivity index (χ2v) is 8.71. The Kier molecular flexibility index (Phi) is 4.28. The summed E-state index contributed by atoms with van der Waals surface area (Å²) in [5.74, 6) is 0.940. The molecule has 0 amide bonds. The normalized spacial score (nSPS) is 19.0. The highest BCUT2D eigenvalue weighted by Gasteiger charge is 2.35. The van der Waals surface area contributed by atoms with Crippen molar-refractivity contribution in [2.75, 3.05) is 11.4 Å². The molecule has 0 aliphatic heterocycles. The van der Waals surface area contributed by atoms with Crippen molar-refractivity contribution in [3.63, 3.8) is 0 Å². The van der Waals surface area contributed by atoms with Gasteiger partial charge in [0.2, 0.25) is 0 Å². The van der Waals surface area contributed by atoms with Crippen molar-refractivity contribution in [2.24, 2.45) is 5.92 Å². The van der Waals surface area contributed by atoms with Crippen LogP contribution >= 0.6 is 11.3 Å². The van der Waals surface area contributed by atoms with Gasteiger partial charge < -0.3 is 10.2 Å². The van der Waals surface area contributed by atoms with E-state index in [1.807, 2.05) is 11.3 Å². The SMILES string of the molecule is CCc1nc(N(CC2CC2)C2CC2)sc1CNC(C)(C)C. The molecule has 1 heterocycles. The molecule has 0 radical (unpaired) electrons. The van der Waals surface area contributed by atoms with Gasteiger partial charge in [-0.05, 0) is 58.8 Å². The lowest BCUT2D eigenvalue weighted by atomic mass is 10.1. The van der Waals surface area contributed by atoms with E-state index in [1.165, 1.54) is 47.9 Å². The molecule has 1 aromatic heterocycles. The van der Waals surface area contributed by atoms with E-state index in [0.29, 0.717) is 0 Å². The maximum absolute atomic E-state index is 4.98. The fraction of sp³-hybridized carbons (Fsp3) is 0.824. The average molecular weight is 308 g/mol. The third-order valence-corrected chi connectivity index (χ3v) is 5.40. The van der Waals surface area contributed by atoms with Crippen LogP contribution in [-0.2, 0) is 13.0 Å². The number of thiazole rings is 1. The van der Waals surface area contributed by atoms with Crippen molar-refractivity contribution in [2.45, 2.75) is 77.9 Å². The van der Waals surface area contributed by atoms with Gasteiger partial charge >= 0.3 is 0 Å². The van der Waals surface area contributed by atoms with E-state index in [0.717, 1.165) is 24.9 Å². The van der Waals surface area contributed by atoms with Gasteiger partial charge in [-0.2, -0.15) is 0 Å². The molecular formula is C17H29N3S. The molecule has 21 heavy (non-hydrogen) atoms. The lowest BCUT2D eigenvalue weighted by molar-refractivity contribution is 0.425. The van der Waals surface area contributed by atoms with Crippen molar-refractivity contribution in [3.8, 4) is 0 Å². The van der Waals surface area contributed by atoms with E-state index in [1.54, 1.807) is 0 Å². The highest BCUT2D eigenvalue weighted by atomic mass is 32.1. The predicted molar refractivity (Wildman–Crippen MR) is 91.2 cm³/mol. The van der Waals surface area contributed by atoms with Gasteiger partial charge in [-0.1, -0.05) is 6.92 Å². The topological polar surface area (TPSA) is 28.2 Å². The first-order chi connectivity index (χ1) is 9.96. The number of anilines is 1. The minimum Gasteiger partial charge on any atom is -0.345 e. The quantitative estimate of drug-likeness (QED) is 0.826. The lowest BCUT2D eigenvalue weighted by Crippen LogP contribution is -2.35. The Morgan fingerprint density at radius 2 is 1.95 bits per heavy atom. The Balaban J connectivity index is 1.73. The lowest BCUT2D eigenvalue weighted by Gasteiger charge is -2.21. The Morgan fingerprint density at radius 1 is 1.24 bits per heavy atom. The summed E-state index contributed by atoms with van der Waals surface area (Å²) in [6.07, 6.45) is 6.62. The van der Waals surface area contributed by atoms with E-state index in [4.69, 9.17) is 4.98 Å². The summed E-state index contributed by atoms with van der Waals surface area (Å²) in [5, 5.41) is 4.90. The van der Waals surface area contributed by atoms with Gasteiger partial charge in [-0.15, -0.1) is 11.3 Å². The molecular weight excluding hydrogens is 278 g/mol. The van der Waals surface area contributed by atoms with Gasteiger partial charge in [0, 0.05) is 29.5 Å². The molecule has 0 saturated heterocycles. The summed E-state index contributed by atoms with van der Waals surface area (Å²) in [4.78, 5) is 9.02. The van der Waals surface area contributed by atoms with Gasteiger partial charge in [0.05, 0.1) is 5.69 Å². The van der Waals surface area contributed by atoms with Gasteiger partial charge in [-0.3, -0.25) is 0 Å². The van der Waals surface area contributed by atoms with Crippen molar-refractivity contribution in [1.29, 1.82) is 0 Å². The molecule has 0 bridgehead atoms.